The van der Waals surface area contributed by atoms with Crippen molar-refractivity contribution in [3.05, 3.63) is 58.9 Å². The van der Waals surface area contributed by atoms with Crippen molar-refractivity contribution in [1.82, 2.24) is 9.88 Å². The first kappa shape index (κ1) is 21.4. The monoisotopic (exact) mass is 433 g/mol. The Morgan fingerprint density at radius 2 is 2.06 bits per heavy atom. The van der Waals surface area contributed by atoms with Gasteiger partial charge in [-0.05, 0) is 80.0 Å². The van der Waals surface area contributed by atoms with E-state index in [1.54, 1.807) is 6.20 Å². The average Bonchev–Trinajstić information content (AvgIpc) is 3.63. The zero-order valence-corrected chi connectivity index (χ0v) is 19.6. The van der Waals surface area contributed by atoms with Crippen molar-refractivity contribution in [2.24, 2.45) is 0 Å². The van der Waals surface area contributed by atoms with Crippen molar-refractivity contribution in [2.75, 3.05) is 24.5 Å². The highest BCUT2D eigenvalue weighted by Crippen LogP contribution is 2.46. The zero-order valence-electron chi connectivity index (χ0n) is 19.6. The Labute approximate surface area is 191 Å². The Balaban J connectivity index is 1.35. The van der Waals surface area contributed by atoms with Gasteiger partial charge in [-0.1, -0.05) is 13.0 Å². The minimum absolute atomic E-state index is 0.102. The van der Waals surface area contributed by atoms with Gasteiger partial charge in [0, 0.05) is 49.7 Å². The van der Waals surface area contributed by atoms with Crippen LogP contribution in [-0.2, 0) is 29.0 Å². The van der Waals surface area contributed by atoms with E-state index in [0.29, 0.717) is 12.3 Å². The number of hydrogen-bond donors (Lipinski definition) is 0. The van der Waals surface area contributed by atoms with Gasteiger partial charge in [-0.15, -0.1) is 0 Å². The third-order valence-corrected chi connectivity index (χ3v) is 7.30. The topological polar surface area (TPSA) is 45.7 Å². The number of piperazine rings is 1. The van der Waals surface area contributed by atoms with Gasteiger partial charge in [-0.3, -0.25) is 9.78 Å². The third-order valence-electron chi connectivity index (χ3n) is 7.30. The van der Waals surface area contributed by atoms with Crippen LogP contribution in [0.3, 0.4) is 0 Å². The van der Waals surface area contributed by atoms with Crippen molar-refractivity contribution in [3.63, 3.8) is 0 Å². The van der Waals surface area contributed by atoms with Gasteiger partial charge in [0.2, 0.25) is 5.91 Å². The van der Waals surface area contributed by atoms with Gasteiger partial charge in [-0.2, -0.15) is 0 Å². The molecule has 5 nitrogen and oxygen atoms in total. The quantitative estimate of drug-likeness (QED) is 0.697. The molecule has 170 valence electrons. The lowest BCUT2D eigenvalue weighted by Gasteiger charge is -2.43. The number of amides is 1. The number of anilines is 1. The second-order valence-electron chi connectivity index (χ2n) is 10.3. The van der Waals surface area contributed by atoms with Crippen LogP contribution in [0.1, 0.15) is 68.3 Å². The normalized spacial score (nSPS) is 22.5. The summed E-state index contributed by atoms with van der Waals surface area (Å²) in [4.78, 5) is 22.0. The fraction of sp³-hybridized carbons (Fsp3) is 0.556. The van der Waals surface area contributed by atoms with Crippen LogP contribution in [0.4, 0.5) is 5.69 Å². The fourth-order valence-corrected chi connectivity index (χ4v) is 5.32. The highest BCUT2D eigenvalue weighted by molar-refractivity contribution is 5.79. The first-order valence-corrected chi connectivity index (χ1v) is 12.2. The molecule has 1 aromatic carbocycles. The number of carbonyl (C=O) groups is 1. The van der Waals surface area contributed by atoms with Gasteiger partial charge in [0.25, 0.3) is 0 Å². The summed E-state index contributed by atoms with van der Waals surface area (Å²) in [7, 11) is 0. The zero-order chi connectivity index (χ0) is 22.3. The van der Waals surface area contributed by atoms with Crippen molar-refractivity contribution in [1.29, 1.82) is 0 Å². The number of fused-ring (bicyclic) bond motifs is 1. The van der Waals surface area contributed by atoms with Crippen LogP contribution in [0, 0.1) is 0 Å². The summed E-state index contributed by atoms with van der Waals surface area (Å²) in [6.07, 6.45) is 6.68. The van der Waals surface area contributed by atoms with E-state index < -0.39 is 0 Å². The second kappa shape index (κ2) is 8.51. The number of aromatic nitrogens is 1. The molecule has 1 aromatic heterocycles. The molecule has 0 unspecified atom stereocenters. The van der Waals surface area contributed by atoms with E-state index in [1.165, 1.54) is 35.2 Å². The Kier molecular flexibility index (Phi) is 5.70. The summed E-state index contributed by atoms with van der Waals surface area (Å²) in [6.45, 7) is 9.87. The summed E-state index contributed by atoms with van der Waals surface area (Å²) in [6, 6.07) is 10.8. The van der Waals surface area contributed by atoms with Crippen molar-refractivity contribution in [2.45, 2.75) is 77.0 Å². The lowest BCUT2D eigenvalue weighted by molar-refractivity contribution is -0.133. The molecule has 1 amide bonds. The molecule has 1 saturated carbocycles. The molecule has 0 radical (unpaired) electrons. The van der Waals surface area contributed by atoms with Crippen molar-refractivity contribution < 1.29 is 9.53 Å². The fourth-order valence-electron chi connectivity index (χ4n) is 5.32. The number of pyridine rings is 1. The molecule has 2 aliphatic heterocycles. The molecule has 2 aromatic rings. The Morgan fingerprint density at radius 1 is 1.22 bits per heavy atom. The van der Waals surface area contributed by atoms with Gasteiger partial charge in [0.05, 0.1) is 18.6 Å². The highest BCUT2D eigenvalue weighted by atomic mass is 16.5. The van der Waals surface area contributed by atoms with Crippen LogP contribution in [-0.4, -0.2) is 47.1 Å². The van der Waals surface area contributed by atoms with E-state index >= 15 is 0 Å². The molecule has 1 atom stereocenters. The van der Waals surface area contributed by atoms with E-state index in [2.05, 4.69) is 47.7 Å². The van der Waals surface area contributed by atoms with Gasteiger partial charge >= 0.3 is 0 Å². The van der Waals surface area contributed by atoms with E-state index in [4.69, 9.17) is 4.74 Å². The van der Waals surface area contributed by atoms with Crippen LogP contribution in [0.5, 0.6) is 0 Å². The molecule has 3 heterocycles. The average molecular weight is 434 g/mol. The summed E-state index contributed by atoms with van der Waals surface area (Å²) in [5.41, 5.74) is 6.49. The standard InChI is InChI=1S/C27H35N3O2/c1-4-22-17-29(11-12-30(22)26(31)14-21-7-5-6-10-28-21)23-13-20-16-27(2,3)32-18-25(20)24(15-23)19-8-9-19/h5-7,10,13,15,19,22H,4,8-9,11-12,14,16-18H2,1-3H3/t22-/m1/s1. The van der Waals surface area contributed by atoms with Crippen molar-refractivity contribution in [3.8, 4) is 0 Å². The molecule has 5 heteroatoms. The van der Waals surface area contributed by atoms with Crippen LogP contribution < -0.4 is 4.90 Å². The molecule has 1 saturated heterocycles. The van der Waals surface area contributed by atoms with Gasteiger partial charge in [-0.25, -0.2) is 0 Å². The largest absolute Gasteiger partial charge is 0.371 e. The van der Waals surface area contributed by atoms with Crippen LogP contribution in [0.15, 0.2) is 36.5 Å². The number of carbonyl (C=O) groups excluding carboxylic acids is 1. The molecule has 2 fully saturated rings. The molecule has 3 aliphatic rings. The predicted molar refractivity (Wildman–Crippen MR) is 127 cm³/mol. The lowest BCUT2D eigenvalue weighted by Crippen LogP contribution is -2.55. The van der Waals surface area contributed by atoms with E-state index in [1.807, 2.05) is 18.2 Å². The summed E-state index contributed by atoms with van der Waals surface area (Å²) in [5.74, 6) is 0.898. The van der Waals surface area contributed by atoms with E-state index in [0.717, 1.165) is 44.8 Å². The minimum atomic E-state index is -0.102. The number of hydrogen-bond acceptors (Lipinski definition) is 4. The maximum Gasteiger partial charge on any atom is 0.228 e. The number of nitrogens with zero attached hydrogens (tertiary/aromatic N) is 3. The second-order valence-corrected chi connectivity index (χ2v) is 10.3. The van der Waals surface area contributed by atoms with E-state index in [-0.39, 0.29) is 17.6 Å². The summed E-state index contributed by atoms with van der Waals surface area (Å²) < 4.78 is 6.16. The lowest BCUT2D eigenvalue weighted by atomic mass is 9.87. The molecular formula is C27H35N3O2. The highest BCUT2D eigenvalue weighted by Gasteiger charge is 2.35. The van der Waals surface area contributed by atoms with Crippen molar-refractivity contribution >= 4 is 11.6 Å². The maximum absolute atomic E-state index is 13.0. The maximum atomic E-state index is 13.0. The van der Waals surface area contributed by atoms with Gasteiger partial charge in [0.1, 0.15) is 0 Å². The molecule has 5 rings (SSSR count). The van der Waals surface area contributed by atoms with Crippen LogP contribution in [0.25, 0.3) is 0 Å². The minimum Gasteiger partial charge on any atom is -0.371 e. The predicted octanol–water partition coefficient (Wildman–Crippen LogP) is 4.48. The first-order valence-electron chi connectivity index (χ1n) is 12.2. The van der Waals surface area contributed by atoms with E-state index in [9.17, 15) is 4.79 Å². The van der Waals surface area contributed by atoms with Gasteiger partial charge < -0.3 is 14.5 Å². The number of ether oxygens (including phenoxy) is 1. The Bertz CT molecular complexity index is 984. The molecule has 0 bridgehead atoms. The molecular weight excluding hydrogens is 398 g/mol. The van der Waals surface area contributed by atoms with Crippen LogP contribution >= 0.6 is 0 Å². The number of rotatable bonds is 5. The van der Waals surface area contributed by atoms with Gasteiger partial charge in [0.15, 0.2) is 0 Å². The SMILES string of the molecule is CC[C@@H]1CN(c2cc3c(c(C4CC4)c2)COC(C)(C)C3)CCN1C(=O)Cc1ccccn1. The summed E-state index contributed by atoms with van der Waals surface area (Å²) in [5, 5.41) is 0. The molecule has 0 spiro atoms. The molecule has 32 heavy (non-hydrogen) atoms. The third kappa shape index (κ3) is 4.40. The number of benzene rings is 1. The Hall–Kier alpha value is -2.40. The first-order chi connectivity index (χ1) is 15.4. The van der Waals surface area contributed by atoms with Crippen LogP contribution in [0.2, 0.25) is 0 Å². The summed E-state index contributed by atoms with van der Waals surface area (Å²) >= 11 is 0. The Morgan fingerprint density at radius 3 is 2.78 bits per heavy atom. The smallest absolute Gasteiger partial charge is 0.228 e. The molecule has 0 N–H and O–H groups in total. The molecule has 1 aliphatic carbocycles.